The molecule has 0 radical (unpaired) electrons. The first-order valence-electron chi connectivity index (χ1n) is 4.92. The van der Waals surface area contributed by atoms with E-state index in [2.05, 4.69) is 5.32 Å². The van der Waals surface area contributed by atoms with Crippen molar-refractivity contribution in [3.63, 3.8) is 0 Å². The van der Waals surface area contributed by atoms with Gasteiger partial charge in [-0.05, 0) is 25.5 Å². The Kier molecular flexibility index (Phi) is 3.29. The van der Waals surface area contributed by atoms with Crippen LogP contribution in [-0.4, -0.2) is 19.1 Å². The maximum absolute atomic E-state index is 11.6. The van der Waals surface area contributed by atoms with Crippen molar-refractivity contribution in [3.8, 4) is 0 Å². The number of nitrogens with one attached hydrogen (secondary N) is 1. The molecule has 0 fully saturated rings. The summed E-state index contributed by atoms with van der Waals surface area (Å²) in [5.41, 5.74) is 1.11. The number of carbonyl (C=O) groups is 1. The second kappa shape index (κ2) is 4.51. The van der Waals surface area contributed by atoms with Crippen molar-refractivity contribution >= 4 is 28.9 Å². The normalized spacial score (nSPS) is 14.8. The van der Waals surface area contributed by atoms with E-state index < -0.39 is 0 Å². The van der Waals surface area contributed by atoms with Gasteiger partial charge < -0.3 is 10.1 Å². The van der Waals surface area contributed by atoms with Crippen LogP contribution in [-0.2, 0) is 17.7 Å². The molecule has 1 aromatic rings. The van der Waals surface area contributed by atoms with Crippen molar-refractivity contribution in [1.82, 2.24) is 5.32 Å². The molecule has 1 N–H and O–H groups in total. The van der Waals surface area contributed by atoms with Crippen LogP contribution in [0.4, 0.5) is 0 Å². The average Bonchev–Trinajstić information content (AvgIpc) is 2.57. The van der Waals surface area contributed by atoms with Crippen LogP contribution in [0.1, 0.15) is 27.0 Å². The molecular weight excluding hydrogens is 234 g/mol. The largest absolute Gasteiger partial charge is 0.462 e. The number of ether oxygens (including phenoxy) is 1. The molecule has 1 aliphatic heterocycles. The molecule has 2 heterocycles. The second-order valence-electron chi connectivity index (χ2n) is 3.29. The summed E-state index contributed by atoms with van der Waals surface area (Å²) >= 11 is 7.60. The van der Waals surface area contributed by atoms with E-state index in [1.54, 1.807) is 6.92 Å². The Morgan fingerprint density at radius 3 is 3.13 bits per heavy atom. The fourth-order valence-electron chi connectivity index (χ4n) is 1.62. The monoisotopic (exact) mass is 245 g/mol. The Morgan fingerprint density at radius 2 is 2.47 bits per heavy atom. The fourth-order valence-corrected chi connectivity index (χ4v) is 3.18. The van der Waals surface area contributed by atoms with Gasteiger partial charge in [-0.3, -0.25) is 0 Å². The van der Waals surface area contributed by atoms with E-state index in [0.29, 0.717) is 16.5 Å². The van der Waals surface area contributed by atoms with E-state index in [1.165, 1.54) is 11.3 Å². The topological polar surface area (TPSA) is 38.3 Å². The maximum atomic E-state index is 11.6. The van der Waals surface area contributed by atoms with Gasteiger partial charge in [-0.1, -0.05) is 11.6 Å². The number of carbonyl (C=O) groups excluding carboxylic acids is 1. The first-order valence-corrected chi connectivity index (χ1v) is 6.11. The summed E-state index contributed by atoms with van der Waals surface area (Å²) in [7, 11) is 0. The van der Waals surface area contributed by atoms with Gasteiger partial charge in [0.1, 0.15) is 4.88 Å². The molecule has 0 atom stereocenters. The molecule has 0 amide bonds. The molecule has 0 unspecified atom stereocenters. The van der Waals surface area contributed by atoms with Gasteiger partial charge in [-0.15, -0.1) is 11.3 Å². The minimum Gasteiger partial charge on any atom is -0.462 e. The third kappa shape index (κ3) is 2.02. The highest BCUT2D eigenvalue weighted by atomic mass is 35.5. The summed E-state index contributed by atoms with van der Waals surface area (Å²) in [6.07, 6.45) is 0.893. The highest BCUT2D eigenvalue weighted by molar-refractivity contribution is 7.14. The lowest BCUT2D eigenvalue weighted by atomic mass is 10.1. The lowest BCUT2D eigenvalue weighted by Crippen LogP contribution is -2.21. The molecule has 1 aromatic heterocycles. The Bertz CT molecular complexity index is 389. The zero-order chi connectivity index (χ0) is 10.8. The molecule has 3 nitrogen and oxygen atoms in total. The third-order valence-electron chi connectivity index (χ3n) is 2.32. The van der Waals surface area contributed by atoms with E-state index in [0.717, 1.165) is 30.0 Å². The summed E-state index contributed by atoms with van der Waals surface area (Å²) in [6.45, 7) is 3.90. The highest BCUT2D eigenvalue weighted by Crippen LogP contribution is 2.35. The standard InChI is InChI=1S/C10H12ClNO2S/c1-2-14-10(13)9-8(11)6-3-4-12-5-7(6)15-9/h12H,2-5H2,1H3. The van der Waals surface area contributed by atoms with E-state index in [9.17, 15) is 4.79 Å². The number of rotatable bonds is 2. The second-order valence-corrected chi connectivity index (χ2v) is 4.78. The Morgan fingerprint density at radius 1 is 1.67 bits per heavy atom. The number of thiophene rings is 1. The lowest BCUT2D eigenvalue weighted by Gasteiger charge is -2.11. The van der Waals surface area contributed by atoms with E-state index >= 15 is 0 Å². The quantitative estimate of drug-likeness (QED) is 0.812. The molecule has 0 aliphatic carbocycles. The van der Waals surface area contributed by atoms with Crippen molar-refractivity contribution in [2.24, 2.45) is 0 Å². The van der Waals surface area contributed by atoms with Crippen LogP contribution in [0, 0.1) is 0 Å². The van der Waals surface area contributed by atoms with Crippen molar-refractivity contribution in [2.45, 2.75) is 19.9 Å². The molecule has 0 bridgehead atoms. The number of esters is 1. The molecule has 15 heavy (non-hydrogen) atoms. The zero-order valence-corrected chi connectivity index (χ0v) is 10.0. The van der Waals surface area contributed by atoms with Gasteiger partial charge in [0.15, 0.2) is 0 Å². The Hall–Kier alpha value is -0.580. The number of fused-ring (bicyclic) bond motifs is 1. The Labute approximate surface area is 97.4 Å². The van der Waals surface area contributed by atoms with Crippen LogP contribution in [0.2, 0.25) is 5.02 Å². The predicted octanol–water partition coefficient (Wildman–Crippen LogP) is 2.22. The molecule has 0 aromatic carbocycles. The van der Waals surface area contributed by atoms with Gasteiger partial charge in [0, 0.05) is 11.4 Å². The predicted molar refractivity (Wildman–Crippen MR) is 60.7 cm³/mol. The summed E-state index contributed by atoms with van der Waals surface area (Å²) in [4.78, 5) is 13.3. The van der Waals surface area contributed by atoms with Gasteiger partial charge in [-0.2, -0.15) is 0 Å². The minimum absolute atomic E-state index is 0.304. The molecule has 5 heteroatoms. The SMILES string of the molecule is CCOC(=O)c1sc2c(c1Cl)CCNC2. The molecule has 2 rings (SSSR count). The van der Waals surface area contributed by atoms with Gasteiger partial charge in [-0.25, -0.2) is 4.79 Å². The number of halogens is 1. The van der Waals surface area contributed by atoms with Gasteiger partial charge in [0.05, 0.1) is 11.6 Å². The van der Waals surface area contributed by atoms with E-state index in [-0.39, 0.29) is 5.97 Å². The van der Waals surface area contributed by atoms with E-state index in [4.69, 9.17) is 16.3 Å². The minimum atomic E-state index is -0.304. The third-order valence-corrected chi connectivity index (χ3v) is 4.07. The Balaban J connectivity index is 2.32. The first-order chi connectivity index (χ1) is 7.24. The van der Waals surface area contributed by atoms with Crippen LogP contribution in [0.3, 0.4) is 0 Å². The van der Waals surface area contributed by atoms with Crippen molar-refractivity contribution in [2.75, 3.05) is 13.2 Å². The molecule has 1 aliphatic rings. The van der Waals surface area contributed by atoms with Gasteiger partial charge >= 0.3 is 5.97 Å². The average molecular weight is 246 g/mol. The van der Waals surface area contributed by atoms with Crippen molar-refractivity contribution in [1.29, 1.82) is 0 Å². The van der Waals surface area contributed by atoms with Crippen LogP contribution in [0.15, 0.2) is 0 Å². The van der Waals surface area contributed by atoms with Gasteiger partial charge in [0.25, 0.3) is 0 Å². The van der Waals surface area contributed by atoms with Crippen LogP contribution in [0.25, 0.3) is 0 Å². The van der Waals surface area contributed by atoms with Crippen molar-refractivity contribution < 1.29 is 9.53 Å². The number of hydrogen-bond acceptors (Lipinski definition) is 4. The number of hydrogen-bond donors (Lipinski definition) is 1. The van der Waals surface area contributed by atoms with Crippen LogP contribution < -0.4 is 5.32 Å². The summed E-state index contributed by atoms with van der Waals surface area (Å²) < 4.78 is 4.95. The molecule has 0 saturated heterocycles. The molecule has 0 saturated carbocycles. The fraction of sp³-hybridized carbons (Fsp3) is 0.500. The maximum Gasteiger partial charge on any atom is 0.349 e. The smallest absolute Gasteiger partial charge is 0.349 e. The van der Waals surface area contributed by atoms with Crippen LogP contribution in [0.5, 0.6) is 0 Å². The first kappa shape index (κ1) is 10.9. The van der Waals surface area contributed by atoms with E-state index in [1.807, 2.05) is 0 Å². The zero-order valence-electron chi connectivity index (χ0n) is 8.43. The lowest BCUT2D eigenvalue weighted by molar-refractivity contribution is 0.0532. The highest BCUT2D eigenvalue weighted by Gasteiger charge is 2.23. The summed E-state index contributed by atoms with van der Waals surface area (Å²) in [6, 6.07) is 0. The summed E-state index contributed by atoms with van der Waals surface area (Å²) in [5, 5.41) is 3.84. The summed E-state index contributed by atoms with van der Waals surface area (Å²) in [5.74, 6) is -0.304. The molecule has 82 valence electrons. The van der Waals surface area contributed by atoms with Gasteiger partial charge in [0.2, 0.25) is 0 Å². The van der Waals surface area contributed by atoms with Crippen molar-refractivity contribution in [3.05, 3.63) is 20.3 Å². The van der Waals surface area contributed by atoms with Crippen LogP contribution >= 0.6 is 22.9 Å². The molecule has 0 spiro atoms. The molecular formula is C10H12ClNO2S.